The van der Waals surface area contributed by atoms with E-state index in [1.807, 2.05) is 0 Å². The summed E-state index contributed by atoms with van der Waals surface area (Å²) in [5.41, 5.74) is -2.04. The highest BCUT2D eigenvalue weighted by molar-refractivity contribution is 5.78. The van der Waals surface area contributed by atoms with Crippen LogP contribution in [0.5, 0.6) is 0 Å². The Morgan fingerprint density at radius 3 is 2.77 bits per heavy atom. The highest BCUT2D eigenvalue weighted by Crippen LogP contribution is 2.21. The number of hydrogen-bond acceptors (Lipinski definition) is 5. The molecular weight excluding hydrogens is 174 g/mol. The first-order chi connectivity index (χ1) is 6.11. The van der Waals surface area contributed by atoms with Crippen LogP contribution in [0.2, 0.25) is 0 Å². The largest absolute Gasteiger partial charge is 0.479 e. The lowest BCUT2D eigenvalue weighted by Gasteiger charge is -2.19. The Morgan fingerprint density at radius 1 is 1.69 bits per heavy atom. The molecule has 1 aromatic heterocycles. The van der Waals surface area contributed by atoms with Gasteiger partial charge in [0.2, 0.25) is 5.60 Å². The molecule has 1 unspecified atom stereocenters. The van der Waals surface area contributed by atoms with Crippen molar-refractivity contribution in [1.29, 1.82) is 0 Å². The van der Waals surface area contributed by atoms with Gasteiger partial charge in [-0.15, -0.1) is 10.2 Å². The first kappa shape index (κ1) is 9.53. The Kier molecular flexibility index (Phi) is 2.52. The van der Waals surface area contributed by atoms with Crippen molar-refractivity contribution in [3.05, 3.63) is 18.2 Å². The highest BCUT2D eigenvalue weighted by Gasteiger charge is 2.38. The van der Waals surface area contributed by atoms with Gasteiger partial charge in [-0.25, -0.2) is 9.78 Å². The maximum Gasteiger partial charge on any atom is 0.342 e. The Hall–Kier alpha value is -1.56. The number of nitrogens with zero attached hydrogens (tertiary/aromatic N) is 3. The Bertz CT molecular complexity index is 303. The molecule has 1 atom stereocenters. The summed E-state index contributed by atoms with van der Waals surface area (Å²) in [5.74, 6) is -1.35. The first-order valence-electron chi connectivity index (χ1n) is 3.70. The number of aliphatic hydroxyl groups is 1. The molecule has 0 aliphatic carbocycles. The van der Waals surface area contributed by atoms with Gasteiger partial charge in [-0.2, -0.15) is 0 Å². The molecule has 0 saturated heterocycles. The summed E-state index contributed by atoms with van der Waals surface area (Å²) in [5, 5.41) is 25.3. The van der Waals surface area contributed by atoms with Gasteiger partial charge in [-0.05, 0) is 6.42 Å². The summed E-state index contributed by atoms with van der Waals surface area (Å²) in [4.78, 5) is 14.3. The van der Waals surface area contributed by atoms with E-state index < -0.39 is 11.6 Å². The summed E-state index contributed by atoms with van der Waals surface area (Å²) in [6.07, 6.45) is 2.37. The number of aliphatic carboxylic acids is 1. The fourth-order valence-corrected chi connectivity index (χ4v) is 0.879. The SMILES string of the molecule is CCC(O)(C(=O)O)c1cncnn1. The van der Waals surface area contributed by atoms with E-state index in [1.165, 1.54) is 12.5 Å². The van der Waals surface area contributed by atoms with E-state index in [0.717, 1.165) is 0 Å². The molecule has 0 amide bonds. The first-order valence-corrected chi connectivity index (χ1v) is 3.70. The lowest BCUT2D eigenvalue weighted by Crippen LogP contribution is -2.36. The Morgan fingerprint density at radius 2 is 2.38 bits per heavy atom. The lowest BCUT2D eigenvalue weighted by atomic mass is 9.97. The number of aromatic nitrogens is 3. The standard InChI is InChI=1S/C7H9N3O3/c1-2-7(13,6(11)12)5-3-8-4-9-10-5/h3-4,13H,2H2,1H3,(H,11,12). The zero-order chi connectivity index (χ0) is 9.90. The maximum atomic E-state index is 10.7. The molecule has 2 N–H and O–H groups in total. The van der Waals surface area contributed by atoms with Crippen LogP contribution in [0, 0.1) is 0 Å². The summed E-state index contributed by atoms with van der Waals surface area (Å²) in [6.45, 7) is 1.54. The van der Waals surface area contributed by atoms with Crippen LogP contribution < -0.4 is 0 Å². The molecule has 0 aliphatic heterocycles. The molecule has 0 radical (unpaired) electrons. The minimum atomic E-state index is -1.98. The molecule has 6 nitrogen and oxygen atoms in total. The Labute approximate surface area is 74.3 Å². The predicted molar refractivity (Wildman–Crippen MR) is 41.7 cm³/mol. The van der Waals surface area contributed by atoms with E-state index in [2.05, 4.69) is 15.2 Å². The van der Waals surface area contributed by atoms with Gasteiger partial charge in [-0.3, -0.25) is 0 Å². The van der Waals surface area contributed by atoms with Crippen molar-refractivity contribution in [2.45, 2.75) is 18.9 Å². The van der Waals surface area contributed by atoms with E-state index in [0.29, 0.717) is 0 Å². The number of carboxylic acids is 1. The van der Waals surface area contributed by atoms with Crippen LogP contribution >= 0.6 is 0 Å². The van der Waals surface area contributed by atoms with Gasteiger partial charge in [0.15, 0.2) is 0 Å². The minimum absolute atomic E-state index is 0.0166. The normalized spacial score (nSPS) is 14.9. The van der Waals surface area contributed by atoms with Crippen LogP contribution in [0.3, 0.4) is 0 Å². The molecule has 70 valence electrons. The summed E-state index contributed by atoms with van der Waals surface area (Å²) < 4.78 is 0. The second-order valence-electron chi connectivity index (χ2n) is 2.51. The molecule has 13 heavy (non-hydrogen) atoms. The molecule has 0 saturated carbocycles. The predicted octanol–water partition coefficient (Wildman–Crippen LogP) is -0.446. The average molecular weight is 183 g/mol. The zero-order valence-electron chi connectivity index (χ0n) is 7.01. The topological polar surface area (TPSA) is 96.2 Å². The van der Waals surface area contributed by atoms with E-state index in [-0.39, 0.29) is 12.1 Å². The van der Waals surface area contributed by atoms with Crippen molar-refractivity contribution >= 4 is 5.97 Å². The van der Waals surface area contributed by atoms with Crippen LogP contribution in [0.1, 0.15) is 19.0 Å². The number of rotatable bonds is 3. The fourth-order valence-electron chi connectivity index (χ4n) is 0.879. The second-order valence-corrected chi connectivity index (χ2v) is 2.51. The second kappa shape index (κ2) is 3.44. The summed E-state index contributed by atoms with van der Waals surface area (Å²) in [6, 6.07) is 0. The van der Waals surface area contributed by atoms with Crippen LogP contribution in [-0.2, 0) is 10.4 Å². The van der Waals surface area contributed by atoms with Crippen LogP contribution in [0.15, 0.2) is 12.5 Å². The molecule has 0 spiro atoms. The monoisotopic (exact) mass is 183 g/mol. The molecular formula is C7H9N3O3. The van der Waals surface area contributed by atoms with Crippen molar-refractivity contribution in [3.63, 3.8) is 0 Å². The van der Waals surface area contributed by atoms with Gasteiger partial charge in [0.1, 0.15) is 12.0 Å². The highest BCUT2D eigenvalue weighted by atomic mass is 16.4. The van der Waals surface area contributed by atoms with Crippen molar-refractivity contribution in [2.75, 3.05) is 0 Å². The quantitative estimate of drug-likeness (QED) is 0.659. The molecule has 1 heterocycles. The number of carboxylic acid groups (broad SMARTS) is 1. The van der Waals surface area contributed by atoms with Gasteiger partial charge < -0.3 is 10.2 Å². The van der Waals surface area contributed by atoms with E-state index in [4.69, 9.17) is 5.11 Å². The molecule has 0 fully saturated rings. The fraction of sp³-hybridized carbons (Fsp3) is 0.429. The van der Waals surface area contributed by atoms with Gasteiger partial charge in [0.25, 0.3) is 0 Å². The maximum absolute atomic E-state index is 10.7. The van der Waals surface area contributed by atoms with E-state index in [1.54, 1.807) is 6.92 Å². The molecule has 6 heteroatoms. The third-order valence-electron chi connectivity index (χ3n) is 1.77. The number of hydrogen-bond donors (Lipinski definition) is 2. The third kappa shape index (κ3) is 1.62. The smallest absolute Gasteiger partial charge is 0.342 e. The number of carbonyl (C=O) groups is 1. The van der Waals surface area contributed by atoms with E-state index >= 15 is 0 Å². The van der Waals surface area contributed by atoms with Crippen molar-refractivity contribution in [3.8, 4) is 0 Å². The third-order valence-corrected chi connectivity index (χ3v) is 1.77. The van der Waals surface area contributed by atoms with Crippen molar-refractivity contribution in [2.24, 2.45) is 0 Å². The minimum Gasteiger partial charge on any atom is -0.479 e. The molecule has 1 aromatic rings. The van der Waals surface area contributed by atoms with Gasteiger partial charge >= 0.3 is 5.97 Å². The van der Waals surface area contributed by atoms with Crippen molar-refractivity contribution in [1.82, 2.24) is 15.2 Å². The van der Waals surface area contributed by atoms with E-state index in [9.17, 15) is 9.90 Å². The van der Waals surface area contributed by atoms with Gasteiger partial charge in [-0.1, -0.05) is 6.92 Å². The zero-order valence-corrected chi connectivity index (χ0v) is 7.01. The van der Waals surface area contributed by atoms with Crippen LogP contribution in [-0.4, -0.2) is 31.4 Å². The van der Waals surface area contributed by atoms with Crippen LogP contribution in [0.4, 0.5) is 0 Å². The lowest BCUT2D eigenvalue weighted by molar-refractivity contribution is -0.160. The summed E-state index contributed by atoms with van der Waals surface area (Å²) >= 11 is 0. The van der Waals surface area contributed by atoms with Crippen molar-refractivity contribution < 1.29 is 15.0 Å². The molecule has 1 rings (SSSR count). The van der Waals surface area contributed by atoms with Gasteiger partial charge in [0.05, 0.1) is 6.20 Å². The Balaban J connectivity index is 3.11. The average Bonchev–Trinajstić information content (AvgIpc) is 2.17. The summed E-state index contributed by atoms with van der Waals surface area (Å²) in [7, 11) is 0. The van der Waals surface area contributed by atoms with Crippen LogP contribution in [0.25, 0.3) is 0 Å². The molecule has 0 aromatic carbocycles. The molecule has 0 bridgehead atoms. The molecule has 0 aliphatic rings. The van der Waals surface area contributed by atoms with Gasteiger partial charge in [0, 0.05) is 0 Å².